The lowest BCUT2D eigenvalue weighted by Crippen LogP contribution is -2.42. The van der Waals surface area contributed by atoms with Gasteiger partial charge >= 0.3 is 0 Å². The third kappa shape index (κ3) is 5.01. The summed E-state index contributed by atoms with van der Waals surface area (Å²) in [5.41, 5.74) is 0. The molecule has 1 aliphatic heterocycles. The minimum atomic E-state index is -0.521. The summed E-state index contributed by atoms with van der Waals surface area (Å²) in [6.07, 6.45) is 3.12. The van der Waals surface area contributed by atoms with Crippen LogP contribution in [0.15, 0.2) is 12.2 Å². The molecule has 0 fully saturated rings. The fourth-order valence-corrected chi connectivity index (χ4v) is 1.47. The highest BCUT2D eigenvalue weighted by Gasteiger charge is 2.25. The largest absolute Gasteiger partial charge is 0.354 e. The average Bonchev–Trinajstić information content (AvgIpc) is 2.73. The zero-order chi connectivity index (χ0) is 15.0. The fourth-order valence-electron chi connectivity index (χ4n) is 1.47. The van der Waals surface area contributed by atoms with E-state index in [-0.39, 0.29) is 38.4 Å². The van der Waals surface area contributed by atoms with E-state index in [1.807, 2.05) is 0 Å². The Labute approximate surface area is 115 Å². The molecule has 0 aromatic rings. The van der Waals surface area contributed by atoms with E-state index in [9.17, 15) is 24.0 Å². The molecule has 108 valence electrons. The Morgan fingerprint density at radius 1 is 1.05 bits per heavy atom. The van der Waals surface area contributed by atoms with Crippen molar-refractivity contribution in [2.45, 2.75) is 12.8 Å². The van der Waals surface area contributed by atoms with Gasteiger partial charge < -0.3 is 15.4 Å². The molecule has 1 heterocycles. The van der Waals surface area contributed by atoms with Crippen LogP contribution < -0.4 is 10.6 Å². The van der Waals surface area contributed by atoms with Crippen LogP contribution in [-0.2, 0) is 24.0 Å². The predicted molar refractivity (Wildman–Crippen MR) is 67.2 cm³/mol. The van der Waals surface area contributed by atoms with Gasteiger partial charge in [0.05, 0.1) is 0 Å². The molecule has 0 saturated heterocycles. The van der Waals surface area contributed by atoms with Gasteiger partial charge in [0.25, 0.3) is 11.8 Å². The summed E-state index contributed by atoms with van der Waals surface area (Å²) in [5.74, 6) is -1.81. The second-order valence-electron chi connectivity index (χ2n) is 4.00. The first-order chi connectivity index (χ1) is 9.54. The highest BCUT2D eigenvalue weighted by atomic mass is 16.2. The number of hydrogen-bond acceptors (Lipinski definition) is 5. The van der Waals surface area contributed by atoms with Crippen LogP contribution in [0.1, 0.15) is 12.8 Å². The molecule has 0 saturated carbocycles. The third-order valence-corrected chi connectivity index (χ3v) is 2.46. The molecule has 8 heteroatoms. The Morgan fingerprint density at radius 2 is 1.60 bits per heavy atom. The van der Waals surface area contributed by atoms with Gasteiger partial charge in [0.2, 0.25) is 11.8 Å². The van der Waals surface area contributed by atoms with Crippen LogP contribution >= 0.6 is 0 Å². The van der Waals surface area contributed by atoms with Gasteiger partial charge in [-0.05, 0) is 0 Å². The number of carbonyl (C=O) groups excluding carboxylic acids is 5. The van der Waals surface area contributed by atoms with E-state index < -0.39 is 17.7 Å². The number of imide groups is 1. The number of carbonyl (C=O) groups is 5. The van der Waals surface area contributed by atoms with Crippen molar-refractivity contribution >= 4 is 29.9 Å². The summed E-state index contributed by atoms with van der Waals surface area (Å²) in [5, 5.41) is 4.98. The van der Waals surface area contributed by atoms with Crippen LogP contribution in [0.4, 0.5) is 0 Å². The molecule has 0 bridgehead atoms. The van der Waals surface area contributed by atoms with Crippen molar-refractivity contribution in [3.05, 3.63) is 12.2 Å². The fraction of sp³-hybridized carbons (Fsp3) is 0.417. The first-order valence-electron chi connectivity index (χ1n) is 6.05. The summed E-state index contributed by atoms with van der Waals surface area (Å²) in [4.78, 5) is 55.8. The molecule has 0 radical (unpaired) electrons. The van der Waals surface area contributed by atoms with Crippen molar-refractivity contribution in [2.24, 2.45) is 0 Å². The van der Waals surface area contributed by atoms with E-state index in [4.69, 9.17) is 0 Å². The molecule has 0 spiro atoms. The van der Waals surface area contributed by atoms with Gasteiger partial charge in [-0.3, -0.25) is 24.1 Å². The summed E-state index contributed by atoms with van der Waals surface area (Å²) in [6.45, 7) is 0.0443. The SMILES string of the molecule is O=CCCC(=O)NCCNC(=O)CN1C(=O)C=CC1=O. The molecule has 4 amide bonds. The third-order valence-electron chi connectivity index (χ3n) is 2.46. The van der Waals surface area contributed by atoms with Crippen molar-refractivity contribution < 1.29 is 24.0 Å². The van der Waals surface area contributed by atoms with Crippen molar-refractivity contribution in [2.75, 3.05) is 19.6 Å². The zero-order valence-electron chi connectivity index (χ0n) is 10.8. The number of hydrogen-bond donors (Lipinski definition) is 2. The number of nitrogens with zero attached hydrogens (tertiary/aromatic N) is 1. The number of amides is 4. The van der Waals surface area contributed by atoms with Crippen LogP contribution in [0.2, 0.25) is 0 Å². The molecule has 1 aliphatic rings. The summed E-state index contributed by atoms with van der Waals surface area (Å²) >= 11 is 0. The minimum absolute atomic E-state index is 0.111. The van der Waals surface area contributed by atoms with E-state index in [2.05, 4.69) is 10.6 Å². The minimum Gasteiger partial charge on any atom is -0.354 e. The average molecular weight is 281 g/mol. The van der Waals surface area contributed by atoms with Crippen LogP contribution in [-0.4, -0.2) is 54.4 Å². The maximum atomic E-state index is 11.5. The Hall–Kier alpha value is -2.51. The lowest BCUT2D eigenvalue weighted by molar-refractivity contribution is -0.141. The monoisotopic (exact) mass is 281 g/mol. The van der Waals surface area contributed by atoms with Crippen LogP contribution in [0.3, 0.4) is 0 Å². The van der Waals surface area contributed by atoms with Gasteiger partial charge in [0.15, 0.2) is 0 Å². The van der Waals surface area contributed by atoms with Crippen LogP contribution in [0.25, 0.3) is 0 Å². The summed E-state index contributed by atoms with van der Waals surface area (Å²) < 4.78 is 0. The molecular formula is C12H15N3O5. The quantitative estimate of drug-likeness (QED) is 0.307. The highest BCUT2D eigenvalue weighted by Crippen LogP contribution is 2.01. The normalized spacial score (nSPS) is 13.5. The number of rotatable bonds is 8. The summed E-state index contributed by atoms with van der Waals surface area (Å²) in [6, 6.07) is 0. The standard InChI is InChI=1S/C12H15N3O5/c16-7-1-2-9(17)13-5-6-14-10(18)8-15-11(19)3-4-12(15)20/h3-4,7H,1-2,5-6,8H2,(H,13,17)(H,14,18). The number of aldehydes is 1. The zero-order valence-corrected chi connectivity index (χ0v) is 10.8. The van der Waals surface area contributed by atoms with Crippen molar-refractivity contribution in [1.29, 1.82) is 0 Å². The maximum Gasteiger partial charge on any atom is 0.254 e. The van der Waals surface area contributed by atoms with Crippen LogP contribution in [0.5, 0.6) is 0 Å². The Kier molecular flexibility index (Phi) is 6.08. The molecule has 20 heavy (non-hydrogen) atoms. The Bertz CT molecular complexity index is 440. The molecule has 2 N–H and O–H groups in total. The van der Waals surface area contributed by atoms with Gasteiger partial charge in [0.1, 0.15) is 12.8 Å². The van der Waals surface area contributed by atoms with Gasteiger partial charge in [0, 0.05) is 38.1 Å². The Morgan fingerprint density at radius 3 is 2.15 bits per heavy atom. The Balaban J connectivity index is 2.15. The van der Waals surface area contributed by atoms with Crippen molar-refractivity contribution in [1.82, 2.24) is 15.5 Å². The molecule has 8 nitrogen and oxygen atoms in total. The molecule has 0 aromatic heterocycles. The first-order valence-corrected chi connectivity index (χ1v) is 6.05. The summed E-state index contributed by atoms with van der Waals surface area (Å²) in [7, 11) is 0. The molecule has 0 atom stereocenters. The van der Waals surface area contributed by atoms with E-state index in [1.54, 1.807) is 0 Å². The lowest BCUT2D eigenvalue weighted by atomic mass is 10.3. The smallest absolute Gasteiger partial charge is 0.254 e. The predicted octanol–water partition coefficient (Wildman–Crippen LogP) is -1.88. The van der Waals surface area contributed by atoms with Gasteiger partial charge in [-0.1, -0.05) is 0 Å². The molecule has 0 aromatic carbocycles. The highest BCUT2D eigenvalue weighted by molar-refractivity contribution is 6.14. The second kappa shape index (κ2) is 7.82. The van der Waals surface area contributed by atoms with Crippen LogP contribution in [0, 0.1) is 0 Å². The maximum absolute atomic E-state index is 11.5. The molecule has 0 aliphatic carbocycles. The first kappa shape index (κ1) is 15.5. The van der Waals surface area contributed by atoms with Crippen molar-refractivity contribution in [3.8, 4) is 0 Å². The van der Waals surface area contributed by atoms with E-state index in [0.717, 1.165) is 17.1 Å². The molecule has 0 unspecified atom stereocenters. The van der Waals surface area contributed by atoms with Gasteiger partial charge in [-0.25, -0.2) is 0 Å². The lowest BCUT2D eigenvalue weighted by Gasteiger charge is -2.13. The van der Waals surface area contributed by atoms with Gasteiger partial charge in [-0.15, -0.1) is 0 Å². The van der Waals surface area contributed by atoms with Crippen molar-refractivity contribution in [3.63, 3.8) is 0 Å². The van der Waals surface area contributed by atoms with Gasteiger partial charge in [-0.2, -0.15) is 0 Å². The molecule has 1 rings (SSSR count). The number of nitrogens with one attached hydrogen (secondary N) is 2. The van der Waals surface area contributed by atoms with E-state index in [0.29, 0.717) is 6.29 Å². The molecular weight excluding hydrogens is 266 g/mol. The topological polar surface area (TPSA) is 113 Å². The second-order valence-corrected chi connectivity index (χ2v) is 4.00. The van der Waals surface area contributed by atoms with E-state index in [1.165, 1.54) is 0 Å². The van der Waals surface area contributed by atoms with E-state index >= 15 is 0 Å².